The Hall–Kier alpha value is -3.65. The van der Waals surface area contributed by atoms with Crippen molar-refractivity contribution in [2.24, 2.45) is 0 Å². The van der Waals surface area contributed by atoms with E-state index in [2.05, 4.69) is 44.5 Å². The second kappa shape index (κ2) is 9.54. The Morgan fingerprint density at radius 1 is 1.03 bits per heavy atom. The molecule has 0 saturated heterocycles. The second-order valence-electron chi connectivity index (χ2n) is 9.96. The van der Waals surface area contributed by atoms with Gasteiger partial charge in [0.25, 0.3) is 0 Å². The molecule has 2 aromatic carbocycles. The van der Waals surface area contributed by atoms with Crippen molar-refractivity contribution >= 4 is 28.6 Å². The predicted octanol–water partition coefficient (Wildman–Crippen LogP) is 4.99. The van der Waals surface area contributed by atoms with Crippen molar-refractivity contribution in [1.29, 1.82) is 0 Å². The Morgan fingerprint density at radius 3 is 2.49 bits per heavy atom. The van der Waals surface area contributed by atoms with Crippen molar-refractivity contribution in [1.82, 2.24) is 19.5 Å². The maximum atomic E-state index is 10.2. The lowest BCUT2D eigenvalue weighted by Crippen LogP contribution is -2.30. The van der Waals surface area contributed by atoms with E-state index in [1.807, 2.05) is 30.6 Å². The molecule has 5 rings (SSSR count). The number of aliphatic hydroxyl groups is 1. The van der Waals surface area contributed by atoms with Crippen molar-refractivity contribution in [3.63, 3.8) is 0 Å². The van der Waals surface area contributed by atoms with Gasteiger partial charge in [0.2, 0.25) is 5.95 Å². The fourth-order valence-electron chi connectivity index (χ4n) is 4.61. The minimum absolute atomic E-state index is 0.347. The number of rotatable bonds is 8. The summed E-state index contributed by atoms with van der Waals surface area (Å²) in [6, 6.07) is 16.7. The van der Waals surface area contributed by atoms with E-state index >= 15 is 0 Å². The van der Waals surface area contributed by atoms with Gasteiger partial charge in [0.1, 0.15) is 0 Å². The first-order valence-corrected chi connectivity index (χ1v) is 12.3. The molecule has 1 aliphatic carbocycles. The van der Waals surface area contributed by atoms with Gasteiger partial charge in [-0.05, 0) is 43.9 Å². The molecule has 0 bridgehead atoms. The number of fused-ring (bicyclic) bond motifs is 1. The standard InChI is InChI=1S/C27H33N7O/c1-27(2,35)16-30-26-32-24(23-25(33-26)34(17-31-23)20-7-3-4-8-20)29-15-18-11-13-19(14-12-18)21-9-5-6-10-22(21)28/h5-6,9-14,17,20,35H,3-4,7-8,15-16,28H2,1-2H3,(H2,29,30,32,33). The molecule has 0 radical (unpaired) electrons. The summed E-state index contributed by atoms with van der Waals surface area (Å²) in [4.78, 5) is 14.1. The third-order valence-electron chi connectivity index (χ3n) is 6.50. The quantitative estimate of drug-likeness (QED) is 0.268. The summed E-state index contributed by atoms with van der Waals surface area (Å²) in [5, 5.41) is 16.8. The van der Waals surface area contributed by atoms with E-state index in [0.717, 1.165) is 46.4 Å². The molecule has 1 saturated carbocycles. The summed E-state index contributed by atoms with van der Waals surface area (Å²) in [7, 11) is 0. The van der Waals surface area contributed by atoms with Crippen LogP contribution in [0.5, 0.6) is 0 Å². The smallest absolute Gasteiger partial charge is 0.226 e. The molecule has 1 fully saturated rings. The average molecular weight is 472 g/mol. The molecule has 4 aromatic rings. The largest absolute Gasteiger partial charge is 0.398 e. The lowest BCUT2D eigenvalue weighted by molar-refractivity contribution is 0.0943. The summed E-state index contributed by atoms with van der Waals surface area (Å²) in [5.74, 6) is 1.16. The van der Waals surface area contributed by atoms with Gasteiger partial charge in [-0.1, -0.05) is 55.3 Å². The minimum atomic E-state index is -0.874. The number of hydrogen-bond donors (Lipinski definition) is 4. The Labute approximate surface area is 205 Å². The van der Waals surface area contributed by atoms with E-state index < -0.39 is 5.60 Å². The number of anilines is 3. The van der Waals surface area contributed by atoms with Crippen molar-refractivity contribution in [2.45, 2.75) is 57.7 Å². The van der Waals surface area contributed by atoms with Gasteiger partial charge in [0.15, 0.2) is 17.0 Å². The number of nitrogens with two attached hydrogens (primary N) is 1. The first kappa shape index (κ1) is 23.1. The van der Waals surface area contributed by atoms with Crippen LogP contribution in [0, 0.1) is 0 Å². The van der Waals surface area contributed by atoms with Gasteiger partial charge in [-0.15, -0.1) is 0 Å². The zero-order valence-electron chi connectivity index (χ0n) is 20.3. The molecule has 0 unspecified atom stereocenters. The number of benzene rings is 2. The monoisotopic (exact) mass is 471 g/mol. The molecule has 5 N–H and O–H groups in total. The number of nitrogens with zero attached hydrogens (tertiary/aromatic N) is 4. The number of imidazole rings is 1. The summed E-state index contributed by atoms with van der Waals surface area (Å²) < 4.78 is 2.18. The van der Waals surface area contributed by atoms with E-state index in [-0.39, 0.29) is 0 Å². The van der Waals surface area contributed by atoms with E-state index in [0.29, 0.717) is 30.9 Å². The van der Waals surface area contributed by atoms with Crippen LogP contribution in [0.15, 0.2) is 54.9 Å². The molecular formula is C27H33N7O. The third-order valence-corrected chi connectivity index (χ3v) is 6.50. The van der Waals surface area contributed by atoms with Crippen LogP contribution in [0.3, 0.4) is 0 Å². The van der Waals surface area contributed by atoms with E-state index in [4.69, 9.17) is 15.7 Å². The Morgan fingerprint density at radius 2 is 1.77 bits per heavy atom. The van der Waals surface area contributed by atoms with Crippen molar-refractivity contribution in [2.75, 3.05) is 22.9 Å². The maximum Gasteiger partial charge on any atom is 0.226 e. The van der Waals surface area contributed by atoms with Gasteiger partial charge in [-0.2, -0.15) is 9.97 Å². The van der Waals surface area contributed by atoms with Crippen LogP contribution in [-0.4, -0.2) is 36.8 Å². The second-order valence-corrected chi connectivity index (χ2v) is 9.96. The molecule has 0 amide bonds. The highest BCUT2D eigenvalue weighted by Crippen LogP contribution is 2.33. The molecular weight excluding hydrogens is 438 g/mol. The number of aromatic nitrogens is 4. The van der Waals surface area contributed by atoms with Gasteiger partial charge < -0.3 is 26.0 Å². The highest BCUT2D eigenvalue weighted by atomic mass is 16.3. The molecule has 2 heterocycles. The molecule has 1 aliphatic rings. The maximum absolute atomic E-state index is 10.2. The van der Waals surface area contributed by atoms with E-state index in [1.54, 1.807) is 13.8 Å². The van der Waals surface area contributed by atoms with Crippen LogP contribution in [0.25, 0.3) is 22.3 Å². The molecule has 35 heavy (non-hydrogen) atoms. The summed E-state index contributed by atoms with van der Waals surface area (Å²) in [6.07, 6.45) is 6.63. The predicted molar refractivity (Wildman–Crippen MR) is 141 cm³/mol. The Kier molecular flexibility index (Phi) is 6.30. The van der Waals surface area contributed by atoms with Crippen LogP contribution >= 0.6 is 0 Å². The van der Waals surface area contributed by atoms with Crippen LogP contribution < -0.4 is 16.4 Å². The summed E-state index contributed by atoms with van der Waals surface area (Å²) in [6.45, 7) is 4.46. The number of hydrogen-bond acceptors (Lipinski definition) is 7. The van der Waals surface area contributed by atoms with Gasteiger partial charge in [0, 0.05) is 30.4 Å². The SMILES string of the molecule is CC(C)(O)CNc1nc(NCc2ccc(-c3ccccc3N)cc2)c2ncn(C3CCCC3)c2n1. The number of nitrogens with one attached hydrogen (secondary N) is 2. The third kappa shape index (κ3) is 5.22. The minimum Gasteiger partial charge on any atom is -0.398 e. The van der Waals surface area contributed by atoms with Crippen molar-refractivity contribution < 1.29 is 5.11 Å². The topological polar surface area (TPSA) is 114 Å². The average Bonchev–Trinajstić information content (AvgIpc) is 3.51. The van der Waals surface area contributed by atoms with Crippen LogP contribution in [0.1, 0.15) is 51.1 Å². The first-order valence-electron chi connectivity index (χ1n) is 12.3. The zero-order valence-corrected chi connectivity index (χ0v) is 20.3. The number of nitrogen functional groups attached to an aromatic ring is 1. The molecule has 0 atom stereocenters. The zero-order chi connectivity index (χ0) is 24.4. The Balaban J connectivity index is 1.40. The summed E-state index contributed by atoms with van der Waals surface area (Å²) >= 11 is 0. The van der Waals surface area contributed by atoms with E-state index in [1.165, 1.54) is 12.8 Å². The Bertz CT molecular complexity index is 1300. The highest BCUT2D eigenvalue weighted by molar-refractivity contribution is 5.84. The molecule has 8 nitrogen and oxygen atoms in total. The van der Waals surface area contributed by atoms with E-state index in [9.17, 15) is 5.11 Å². The van der Waals surface area contributed by atoms with Gasteiger partial charge >= 0.3 is 0 Å². The fourth-order valence-corrected chi connectivity index (χ4v) is 4.61. The van der Waals surface area contributed by atoms with Crippen LogP contribution in [-0.2, 0) is 6.54 Å². The van der Waals surface area contributed by atoms with Crippen LogP contribution in [0.4, 0.5) is 17.5 Å². The normalized spacial score (nSPS) is 14.5. The lowest BCUT2D eigenvalue weighted by Gasteiger charge is -2.18. The van der Waals surface area contributed by atoms with Crippen molar-refractivity contribution in [3.05, 3.63) is 60.4 Å². The fraction of sp³-hybridized carbons (Fsp3) is 0.370. The lowest BCUT2D eigenvalue weighted by atomic mass is 10.0. The summed E-state index contributed by atoms with van der Waals surface area (Å²) in [5.41, 5.74) is 10.9. The molecule has 0 spiro atoms. The van der Waals surface area contributed by atoms with Crippen LogP contribution in [0.2, 0.25) is 0 Å². The molecule has 8 heteroatoms. The number of para-hydroxylation sites is 1. The molecule has 2 aromatic heterocycles. The van der Waals surface area contributed by atoms with Crippen molar-refractivity contribution in [3.8, 4) is 11.1 Å². The molecule has 0 aliphatic heterocycles. The van der Waals surface area contributed by atoms with Gasteiger partial charge in [-0.3, -0.25) is 0 Å². The highest BCUT2D eigenvalue weighted by Gasteiger charge is 2.22. The van der Waals surface area contributed by atoms with Gasteiger partial charge in [0.05, 0.1) is 11.9 Å². The molecule has 182 valence electrons. The van der Waals surface area contributed by atoms with Gasteiger partial charge in [-0.25, -0.2) is 4.98 Å². The first-order chi connectivity index (χ1) is 16.9.